The molecule has 0 aromatic carbocycles. The standard InChI is InChI=1S/C5H11NO.C4H8OS/c1-6-2-4-7-5-3-6;5-3-1-2-4-6/h2-5H2,1H3;3,6H,1-2,4H2. The molecule has 0 atom stereocenters. The van der Waals surface area contributed by atoms with Gasteiger partial charge in [-0.3, -0.25) is 0 Å². The smallest absolute Gasteiger partial charge is 0.120 e. The molecule has 0 aromatic heterocycles. The minimum Gasteiger partial charge on any atom is -0.379 e. The fourth-order valence-corrected chi connectivity index (χ4v) is 1.01. The highest BCUT2D eigenvalue weighted by Gasteiger charge is 2.02. The Labute approximate surface area is 85.8 Å². The van der Waals surface area contributed by atoms with Crippen LogP contribution in [0.25, 0.3) is 0 Å². The molecule has 1 aliphatic rings. The molecule has 3 nitrogen and oxygen atoms in total. The van der Waals surface area contributed by atoms with E-state index in [9.17, 15) is 4.79 Å². The third kappa shape index (κ3) is 9.86. The van der Waals surface area contributed by atoms with Gasteiger partial charge in [0.05, 0.1) is 13.2 Å². The first-order chi connectivity index (χ1) is 6.31. The lowest BCUT2D eigenvalue weighted by Crippen LogP contribution is -2.32. The molecule has 1 rings (SSSR count). The van der Waals surface area contributed by atoms with Gasteiger partial charge < -0.3 is 14.4 Å². The van der Waals surface area contributed by atoms with E-state index < -0.39 is 0 Å². The fraction of sp³-hybridized carbons (Fsp3) is 0.889. The summed E-state index contributed by atoms with van der Waals surface area (Å²) >= 11 is 3.90. The Kier molecular flexibility index (Phi) is 9.98. The molecule has 0 amide bonds. The predicted molar refractivity (Wildman–Crippen MR) is 57.5 cm³/mol. The number of carbonyl (C=O) groups is 1. The number of hydrogen-bond donors (Lipinski definition) is 1. The Morgan fingerprint density at radius 1 is 1.46 bits per heavy atom. The number of carbonyl (C=O) groups excluding carboxylic acids is 1. The van der Waals surface area contributed by atoms with Gasteiger partial charge in [-0.1, -0.05) is 0 Å². The van der Waals surface area contributed by atoms with Gasteiger partial charge in [-0.25, -0.2) is 0 Å². The maximum atomic E-state index is 9.53. The highest BCUT2D eigenvalue weighted by molar-refractivity contribution is 7.80. The maximum Gasteiger partial charge on any atom is 0.120 e. The number of unbranched alkanes of at least 4 members (excludes halogenated alkanes) is 1. The summed E-state index contributed by atoms with van der Waals surface area (Å²) in [5.41, 5.74) is 0. The van der Waals surface area contributed by atoms with Gasteiger partial charge >= 0.3 is 0 Å². The summed E-state index contributed by atoms with van der Waals surface area (Å²) in [4.78, 5) is 11.8. The van der Waals surface area contributed by atoms with Gasteiger partial charge in [0, 0.05) is 19.5 Å². The lowest BCUT2D eigenvalue weighted by Gasteiger charge is -2.21. The number of likely N-dealkylation sites (N-methyl/N-ethyl adjacent to an activating group) is 1. The van der Waals surface area contributed by atoms with Crippen LogP contribution < -0.4 is 0 Å². The van der Waals surface area contributed by atoms with Crippen LogP contribution >= 0.6 is 12.6 Å². The van der Waals surface area contributed by atoms with Crippen molar-refractivity contribution in [3.63, 3.8) is 0 Å². The summed E-state index contributed by atoms with van der Waals surface area (Å²) in [5.74, 6) is 0.818. The maximum absolute atomic E-state index is 9.53. The summed E-state index contributed by atoms with van der Waals surface area (Å²) < 4.78 is 5.10. The zero-order chi connectivity index (χ0) is 9.94. The monoisotopic (exact) mass is 205 g/mol. The van der Waals surface area contributed by atoms with Gasteiger partial charge in [-0.2, -0.15) is 12.6 Å². The minimum atomic E-state index is 0.656. The van der Waals surface area contributed by atoms with Gasteiger partial charge in [0.2, 0.25) is 0 Å². The van der Waals surface area contributed by atoms with E-state index >= 15 is 0 Å². The third-order valence-electron chi connectivity index (χ3n) is 1.71. The Morgan fingerprint density at radius 3 is 2.31 bits per heavy atom. The highest BCUT2D eigenvalue weighted by atomic mass is 32.1. The molecule has 0 aliphatic carbocycles. The van der Waals surface area contributed by atoms with Crippen LogP contribution in [0.4, 0.5) is 0 Å². The van der Waals surface area contributed by atoms with E-state index in [1.165, 1.54) is 0 Å². The van der Waals surface area contributed by atoms with Gasteiger partial charge in [0.1, 0.15) is 6.29 Å². The molecule has 1 fully saturated rings. The topological polar surface area (TPSA) is 29.5 Å². The molecule has 1 saturated heterocycles. The van der Waals surface area contributed by atoms with Crippen molar-refractivity contribution >= 4 is 18.9 Å². The van der Waals surface area contributed by atoms with E-state index in [4.69, 9.17) is 4.74 Å². The first-order valence-electron chi connectivity index (χ1n) is 4.62. The van der Waals surface area contributed by atoms with E-state index in [1.54, 1.807) is 0 Å². The van der Waals surface area contributed by atoms with Crippen LogP contribution in [0.3, 0.4) is 0 Å². The molecule has 0 unspecified atom stereocenters. The minimum absolute atomic E-state index is 0.656. The van der Waals surface area contributed by atoms with E-state index in [0.29, 0.717) is 6.42 Å². The number of aldehydes is 1. The average molecular weight is 205 g/mol. The molecule has 0 saturated carbocycles. The SMILES string of the molecule is CN1CCOCC1.O=CCCCS. The van der Waals surface area contributed by atoms with Crippen molar-refractivity contribution in [2.45, 2.75) is 12.8 Å². The van der Waals surface area contributed by atoms with Crippen molar-refractivity contribution in [1.29, 1.82) is 0 Å². The largest absolute Gasteiger partial charge is 0.379 e. The van der Waals surface area contributed by atoms with Crippen LogP contribution in [0.1, 0.15) is 12.8 Å². The van der Waals surface area contributed by atoms with Gasteiger partial charge in [0.25, 0.3) is 0 Å². The van der Waals surface area contributed by atoms with Gasteiger partial charge in [-0.15, -0.1) is 0 Å². The molecule has 0 radical (unpaired) electrons. The number of ether oxygens (including phenoxy) is 1. The second-order valence-electron chi connectivity index (χ2n) is 2.95. The Bertz CT molecular complexity index is 116. The lowest BCUT2D eigenvalue weighted by atomic mass is 10.4. The number of morpholine rings is 1. The second-order valence-corrected chi connectivity index (χ2v) is 3.40. The molecule has 78 valence electrons. The number of hydrogen-bond acceptors (Lipinski definition) is 4. The average Bonchev–Trinajstić information content (AvgIpc) is 2.17. The lowest BCUT2D eigenvalue weighted by molar-refractivity contribution is -0.107. The third-order valence-corrected chi connectivity index (χ3v) is 2.03. The molecule has 4 heteroatoms. The first-order valence-corrected chi connectivity index (χ1v) is 5.25. The Hall–Kier alpha value is -0.0600. The zero-order valence-corrected chi connectivity index (χ0v) is 9.13. The zero-order valence-electron chi connectivity index (χ0n) is 8.24. The summed E-state index contributed by atoms with van der Waals surface area (Å²) in [6.45, 7) is 4.02. The summed E-state index contributed by atoms with van der Waals surface area (Å²) in [7, 11) is 2.11. The van der Waals surface area contributed by atoms with Gasteiger partial charge in [-0.05, 0) is 19.2 Å². The van der Waals surface area contributed by atoms with Crippen molar-refractivity contribution in [2.75, 3.05) is 39.1 Å². The second kappa shape index (κ2) is 10.0. The van der Waals surface area contributed by atoms with Gasteiger partial charge in [0.15, 0.2) is 0 Å². The molecular formula is C9H19NO2S. The number of nitrogens with zero attached hydrogens (tertiary/aromatic N) is 1. The summed E-state index contributed by atoms with van der Waals surface area (Å²) in [6.07, 6.45) is 2.48. The summed E-state index contributed by atoms with van der Waals surface area (Å²) in [6, 6.07) is 0. The predicted octanol–water partition coefficient (Wildman–Crippen LogP) is 0.844. The highest BCUT2D eigenvalue weighted by Crippen LogP contribution is 1.89. The first kappa shape index (κ1) is 12.9. The molecule has 0 spiro atoms. The Morgan fingerprint density at radius 2 is 2.08 bits per heavy atom. The normalized spacial score (nSPS) is 17.4. The number of rotatable bonds is 3. The fourth-order valence-electron chi connectivity index (χ4n) is 0.829. The summed E-state index contributed by atoms with van der Waals surface area (Å²) in [5, 5.41) is 0. The molecule has 0 aromatic rings. The quantitative estimate of drug-likeness (QED) is 0.421. The van der Waals surface area contributed by atoms with Crippen LogP contribution in [0.15, 0.2) is 0 Å². The van der Waals surface area contributed by atoms with E-state index in [2.05, 4.69) is 24.6 Å². The molecule has 1 aliphatic heterocycles. The van der Waals surface area contributed by atoms with Crippen LogP contribution in [0.5, 0.6) is 0 Å². The van der Waals surface area contributed by atoms with Crippen molar-refractivity contribution in [1.82, 2.24) is 4.90 Å². The van der Waals surface area contributed by atoms with Crippen molar-refractivity contribution in [2.24, 2.45) is 0 Å². The molecular weight excluding hydrogens is 186 g/mol. The van der Waals surface area contributed by atoms with E-state index in [1.807, 2.05) is 0 Å². The van der Waals surface area contributed by atoms with Crippen LogP contribution in [-0.2, 0) is 9.53 Å². The van der Waals surface area contributed by atoms with Crippen LogP contribution in [0.2, 0.25) is 0 Å². The van der Waals surface area contributed by atoms with E-state index in [-0.39, 0.29) is 0 Å². The molecule has 0 bridgehead atoms. The van der Waals surface area contributed by atoms with Crippen LogP contribution in [0, 0.1) is 0 Å². The molecule has 0 N–H and O–H groups in total. The van der Waals surface area contributed by atoms with E-state index in [0.717, 1.165) is 44.8 Å². The molecule has 13 heavy (non-hydrogen) atoms. The van der Waals surface area contributed by atoms with Crippen molar-refractivity contribution < 1.29 is 9.53 Å². The number of thiol groups is 1. The Balaban J connectivity index is 0.000000226. The van der Waals surface area contributed by atoms with Crippen molar-refractivity contribution in [3.05, 3.63) is 0 Å². The van der Waals surface area contributed by atoms with Crippen LogP contribution in [-0.4, -0.2) is 50.3 Å². The van der Waals surface area contributed by atoms with Crippen molar-refractivity contribution in [3.8, 4) is 0 Å². The molecule has 1 heterocycles.